The first-order valence-corrected chi connectivity index (χ1v) is 6.53. The second-order valence-corrected chi connectivity index (χ2v) is 5.30. The van der Waals surface area contributed by atoms with E-state index in [1.165, 1.54) is 11.1 Å². The van der Waals surface area contributed by atoms with Gasteiger partial charge in [-0.2, -0.15) is 0 Å². The molecule has 0 fully saturated rings. The van der Waals surface area contributed by atoms with Crippen LogP contribution in [-0.2, 0) is 18.4 Å². The van der Waals surface area contributed by atoms with Gasteiger partial charge in [-0.1, -0.05) is 42.5 Å². The zero-order valence-electron chi connectivity index (χ0n) is 10.5. The average Bonchev–Trinajstić information content (AvgIpc) is 2.98. The van der Waals surface area contributed by atoms with Gasteiger partial charge in [0.2, 0.25) is 0 Å². The number of rotatable bonds is 1. The normalized spacial score (nSPS) is 16.7. The summed E-state index contributed by atoms with van der Waals surface area (Å²) in [5, 5.41) is 11.9. The third-order valence-electron chi connectivity index (χ3n) is 3.97. The van der Waals surface area contributed by atoms with Gasteiger partial charge in [-0.15, -0.1) is 0 Å². The van der Waals surface area contributed by atoms with Crippen LogP contribution in [0.2, 0.25) is 0 Å². The van der Waals surface area contributed by atoms with Crippen molar-refractivity contribution in [3.63, 3.8) is 0 Å². The minimum absolute atomic E-state index is 0.628. The number of hydrogen-bond acceptors (Lipinski definition) is 2. The molecule has 2 aromatic carbocycles. The predicted octanol–water partition coefficient (Wildman–Crippen LogP) is 3.42. The van der Waals surface area contributed by atoms with E-state index in [-0.39, 0.29) is 0 Å². The van der Waals surface area contributed by atoms with E-state index in [2.05, 4.69) is 12.1 Å². The Bertz CT molecular complexity index is 697. The van der Waals surface area contributed by atoms with Gasteiger partial charge >= 0.3 is 0 Å². The summed E-state index contributed by atoms with van der Waals surface area (Å²) in [6.07, 6.45) is 1.26. The maximum atomic E-state index is 10.9. The van der Waals surface area contributed by atoms with E-state index in [0.717, 1.165) is 11.0 Å². The first-order valence-electron chi connectivity index (χ1n) is 6.53. The number of benzene rings is 2. The van der Waals surface area contributed by atoms with Crippen molar-refractivity contribution in [3.8, 4) is 0 Å². The van der Waals surface area contributed by atoms with E-state index in [4.69, 9.17) is 4.42 Å². The van der Waals surface area contributed by atoms with Crippen molar-refractivity contribution in [3.05, 3.63) is 71.5 Å². The Morgan fingerprint density at radius 1 is 0.895 bits per heavy atom. The van der Waals surface area contributed by atoms with Gasteiger partial charge in [0.05, 0.1) is 0 Å². The number of hydrogen-bond donors (Lipinski definition) is 1. The molecule has 1 N–H and O–H groups in total. The summed E-state index contributed by atoms with van der Waals surface area (Å²) in [4.78, 5) is 0. The number of fused-ring (bicyclic) bond motifs is 2. The summed E-state index contributed by atoms with van der Waals surface area (Å²) < 4.78 is 5.84. The topological polar surface area (TPSA) is 33.4 Å². The Hall–Kier alpha value is -2.06. The molecule has 1 aliphatic rings. The minimum Gasteiger partial charge on any atom is -0.458 e. The van der Waals surface area contributed by atoms with Gasteiger partial charge in [-0.25, -0.2) is 0 Å². The summed E-state index contributed by atoms with van der Waals surface area (Å²) >= 11 is 0. The third-order valence-corrected chi connectivity index (χ3v) is 3.97. The van der Waals surface area contributed by atoms with Crippen LogP contribution in [0.3, 0.4) is 0 Å². The van der Waals surface area contributed by atoms with E-state index >= 15 is 0 Å². The molecule has 0 aliphatic heterocycles. The lowest BCUT2D eigenvalue weighted by Gasteiger charge is -2.18. The smallest absolute Gasteiger partial charge is 0.137 e. The van der Waals surface area contributed by atoms with Crippen molar-refractivity contribution in [2.24, 2.45) is 0 Å². The maximum absolute atomic E-state index is 10.9. The SMILES string of the molecule is OC1(c2cc3ccccc3o2)Cc2ccccc2C1. The summed E-state index contributed by atoms with van der Waals surface area (Å²) in [6.45, 7) is 0. The molecule has 2 heteroatoms. The second-order valence-electron chi connectivity index (χ2n) is 5.30. The molecular formula is C17H14O2. The molecule has 1 aliphatic carbocycles. The van der Waals surface area contributed by atoms with Crippen molar-refractivity contribution in [1.29, 1.82) is 0 Å². The maximum Gasteiger partial charge on any atom is 0.137 e. The lowest BCUT2D eigenvalue weighted by Crippen LogP contribution is -2.25. The Balaban J connectivity index is 1.81. The molecule has 1 aromatic heterocycles. The molecule has 4 rings (SSSR count). The summed E-state index contributed by atoms with van der Waals surface area (Å²) in [6, 6.07) is 18.0. The molecule has 0 saturated carbocycles. The highest BCUT2D eigenvalue weighted by Crippen LogP contribution is 2.39. The largest absolute Gasteiger partial charge is 0.458 e. The van der Waals surface area contributed by atoms with Crippen molar-refractivity contribution >= 4 is 11.0 Å². The molecule has 0 amide bonds. The summed E-state index contributed by atoms with van der Waals surface area (Å²) in [5.74, 6) is 0.671. The number of aliphatic hydroxyl groups is 1. The molecule has 1 heterocycles. The van der Waals surface area contributed by atoms with Crippen LogP contribution in [0.4, 0.5) is 0 Å². The van der Waals surface area contributed by atoms with E-state index in [0.29, 0.717) is 18.6 Å². The molecule has 0 saturated heterocycles. The fourth-order valence-electron chi connectivity index (χ4n) is 2.98. The molecule has 94 valence electrons. The predicted molar refractivity (Wildman–Crippen MR) is 74.0 cm³/mol. The lowest BCUT2D eigenvalue weighted by atomic mass is 9.97. The van der Waals surface area contributed by atoms with Crippen LogP contribution < -0.4 is 0 Å². The molecule has 19 heavy (non-hydrogen) atoms. The van der Waals surface area contributed by atoms with Crippen molar-refractivity contribution in [2.45, 2.75) is 18.4 Å². The quantitative estimate of drug-likeness (QED) is 0.718. The molecule has 3 aromatic rings. The van der Waals surface area contributed by atoms with Crippen LogP contribution in [0, 0.1) is 0 Å². The second kappa shape index (κ2) is 3.72. The third kappa shape index (κ3) is 1.60. The molecule has 0 unspecified atom stereocenters. The zero-order chi connectivity index (χ0) is 12.9. The van der Waals surface area contributed by atoms with Gasteiger partial charge < -0.3 is 9.52 Å². The van der Waals surface area contributed by atoms with Crippen molar-refractivity contribution in [2.75, 3.05) is 0 Å². The number of furan rings is 1. The molecule has 0 bridgehead atoms. The van der Waals surface area contributed by atoms with Gasteiger partial charge in [-0.05, 0) is 23.3 Å². The van der Waals surface area contributed by atoms with E-state index in [1.54, 1.807) is 0 Å². The van der Waals surface area contributed by atoms with Crippen molar-refractivity contribution < 1.29 is 9.52 Å². The monoisotopic (exact) mass is 250 g/mol. The van der Waals surface area contributed by atoms with Gasteiger partial charge in [0.1, 0.15) is 16.9 Å². The highest BCUT2D eigenvalue weighted by molar-refractivity contribution is 5.78. The van der Waals surface area contributed by atoms with Crippen LogP contribution in [0.25, 0.3) is 11.0 Å². The Labute approximate surface area is 111 Å². The van der Waals surface area contributed by atoms with Crippen LogP contribution in [-0.4, -0.2) is 5.11 Å². The molecular weight excluding hydrogens is 236 g/mol. The van der Waals surface area contributed by atoms with E-state index in [1.807, 2.05) is 42.5 Å². The van der Waals surface area contributed by atoms with Gasteiger partial charge in [0.15, 0.2) is 0 Å². The van der Waals surface area contributed by atoms with Crippen LogP contribution in [0.15, 0.2) is 59.0 Å². The first-order chi connectivity index (χ1) is 9.24. The van der Waals surface area contributed by atoms with Crippen molar-refractivity contribution in [1.82, 2.24) is 0 Å². The van der Waals surface area contributed by atoms with E-state index < -0.39 is 5.60 Å². The summed E-state index contributed by atoms with van der Waals surface area (Å²) in [5.41, 5.74) is 2.36. The zero-order valence-corrected chi connectivity index (χ0v) is 10.5. The highest BCUT2D eigenvalue weighted by atomic mass is 16.4. The molecule has 0 atom stereocenters. The molecule has 0 spiro atoms. The van der Waals surface area contributed by atoms with Crippen LogP contribution in [0.1, 0.15) is 16.9 Å². The summed E-state index contributed by atoms with van der Waals surface area (Å²) in [7, 11) is 0. The van der Waals surface area contributed by atoms with E-state index in [9.17, 15) is 5.11 Å². The average molecular weight is 250 g/mol. The lowest BCUT2D eigenvalue weighted by molar-refractivity contribution is 0.0270. The fourth-order valence-corrected chi connectivity index (χ4v) is 2.98. The van der Waals surface area contributed by atoms with Gasteiger partial charge in [0, 0.05) is 18.2 Å². The van der Waals surface area contributed by atoms with Crippen LogP contribution >= 0.6 is 0 Å². The standard InChI is InChI=1S/C17H14O2/c18-17(10-13-6-1-2-7-14(13)11-17)16-9-12-5-3-4-8-15(12)19-16/h1-9,18H,10-11H2. The first kappa shape index (κ1) is 10.8. The van der Waals surface area contributed by atoms with Crippen LogP contribution in [0.5, 0.6) is 0 Å². The molecule has 2 nitrogen and oxygen atoms in total. The minimum atomic E-state index is -0.900. The Kier molecular flexibility index (Phi) is 2.12. The van der Waals surface area contributed by atoms with Gasteiger partial charge in [0.25, 0.3) is 0 Å². The van der Waals surface area contributed by atoms with Gasteiger partial charge in [-0.3, -0.25) is 0 Å². The fraction of sp³-hybridized carbons (Fsp3) is 0.176. The Morgan fingerprint density at radius 3 is 2.21 bits per heavy atom. The highest BCUT2D eigenvalue weighted by Gasteiger charge is 2.39. The Morgan fingerprint density at radius 2 is 1.53 bits per heavy atom. The number of para-hydroxylation sites is 1. The molecule has 0 radical (unpaired) electrons.